The lowest BCUT2D eigenvalue weighted by Crippen LogP contribution is -2.44. The highest BCUT2D eigenvalue weighted by atomic mass is 32.2. The van der Waals surface area contributed by atoms with E-state index in [9.17, 15) is 18.0 Å². The van der Waals surface area contributed by atoms with Crippen LogP contribution in [0.2, 0.25) is 0 Å². The number of carbonyl (C=O) groups is 2. The van der Waals surface area contributed by atoms with Gasteiger partial charge in [0.1, 0.15) is 12.3 Å². The van der Waals surface area contributed by atoms with Crippen molar-refractivity contribution in [3.05, 3.63) is 17.9 Å². The summed E-state index contributed by atoms with van der Waals surface area (Å²) in [6.45, 7) is 3.12. The van der Waals surface area contributed by atoms with Gasteiger partial charge in [-0.15, -0.1) is 0 Å². The molecule has 8 nitrogen and oxygen atoms in total. The molecule has 1 aromatic heterocycles. The van der Waals surface area contributed by atoms with Gasteiger partial charge in [0.25, 0.3) is 10.0 Å². The molecular formula is C11H15NO7S. The number of carboxylic acids is 1. The van der Waals surface area contributed by atoms with Crippen molar-refractivity contribution in [3.8, 4) is 0 Å². The molecule has 0 radical (unpaired) electrons. The Bertz CT molecular complexity index is 602. The number of hydrogen-bond acceptors (Lipinski definition) is 6. The summed E-state index contributed by atoms with van der Waals surface area (Å²) in [6.07, 6.45) is 0.922. The van der Waals surface area contributed by atoms with Gasteiger partial charge >= 0.3 is 11.9 Å². The Balaban J connectivity index is 3.02. The van der Waals surface area contributed by atoms with Crippen LogP contribution in [-0.4, -0.2) is 38.6 Å². The fourth-order valence-electron chi connectivity index (χ4n) is 1.38. The fourth-order valence-corrected chi connectivity index (χ4v) is 2.66. The first-order chi connectivity index (χ1) is 9.19. The number of rotatable bonds is 6. The predicted octanol–water partition coefficient (Wildman–Crippen LogP) is 0.454. The van der Waals surface area contributed by atoms with Crippen LogP contribution in [0.1, 0.15) is 24.2 Å². The van der Waals surface area contributed by atoms with Crippen LogP contribution in [-0.2, 0) is 19.6 Å². The molecule has 1 heterocycles. The van der Waals surface area contributed by atoms with E-state index in [1.165, 1.54) is 0 Å². The van der Waals surface area contributed by atoms with Crippen LogP contribution in [0.25, 0.3) is 0 Å². The Morgan fingerprint density at radius 2 is 2.00 bits per heavy atom. The average molecular weight is 305 g/mol. The monoisotopic (exact) mass is 305 g/mol. The molecule has 20 heavy (non-hydrogen) atoms. The first kappa shape index (κ1) is 16.2. The standard InChI is InChI=1S/C11H15NO7S/c1-6(2)9(10(13)14)12-20(16,17)8-4-7(5-19-8)11(15)18-3/h4-6,9,12H,1-3H3,(H,13,14)/t9-/m1/s1. The van der Waals surface area contributed by atoms with Crippen LogP contribution in [0.4, 0.5) is 0 Å². The fraction of sp³-hybridized carbons (Fsp3) is 0.455. The molecule has 0 spiro atoms. The maximum atomic E-state index is 12.0. The van der Waals surface area contributed by atoms with E-state index in [2.05, 4.69) is 4.74 Å². The first-order valence-electron chi connectivity index (χ1n) is 5.61. The van der Waals surface area contributed by atoms with Crippen molar-refractivity contribution in [2.45, 2.75) is 25.0 Å². The molecular weight excluding hydrogens is 290 g/mol. The lowest BCUT2D eigenvalue weighted by Gasteiger charge is -2.16. The molecule has 0 saturated heterocycles. The highest BCUT2D eigenvalue weighted by Gasteiger charge is 2.30. The maximum absolute atomic E-state index is 12.0. The smallest absolute Gasteiger partial charge is 0.341 e. The first-order valence-corrected chi connectivity index (χ1v) is 7.09. The Morgan fingerprint density at radius 3 is 2.45 bits per heavy atom. The van der Waals surface area contributed by atoms with E-state index in [4.69, 9.17) is 9.52 Å². The van der Waals surface area contributed by atoms with Gasteiger partial charge in [-0.2, -0.15) is 4.72 Å². The van der Waals surface area contributed by atoms with E-state index >= 15 is 0 Å². The van der Waals surface area contributed by atoms with Gasteiger partial charge in [-0.3, -0.25) is 4.79 Å². The molecule has 0 aliphatic heterocycles. The molecule has 0 saturated carbocycles. The van der Waals surface area contributed by atoms with E-state index in [0.29, 0.717) is 0 Å². The largest absolute Gasteiger partial charge is 0.480 e. The summed E-state index contributed by atoms with van der Waals surface area (Å²) < 4.78 is 35.1. The lowest BCUT2D eigenvalue weighted by atomic mass is 10.1. The van der Waals surface area contributed by atoms with E-state index in [1.807, 2.05) is 4.72 Å². The summed E-state index contributed by atoms with van der Waals surface area (Å²) in [5.74, 6) is -2.52. The number of sulfonamides is 1. The number of ether oxygens (including phenoxy) is 1. The molecule has 0 aromatic carbocycles. The predicted molar refractivity (Wildman–Crippen MR) is 66.6 cm³/mol. The molecule has 2 N–H and O–H groups in total. The molecule has 1 rings (SSSR count). The molecule has 0 aliphatic rings. The van der Waals surface area contributed by atoms with Gasteiger partial charge in [-0.25, -0.2) is 13.2 Å². The minimum absolute atomic E-state index is 0.0794. The third-order valence-corrected chi connectivity index (χ3v) is 3.78. The van der Waals surface area contributed by atoms with Gasteiger partial charge in [0.15, 0.2) is 0 Å². The van der Waals surface area contributed by atoms with Gasteiger partial charge in [0.05, 0.1) is 12.7 Å². The minimum Gasteiger partial charge on any atom is -0.480 e. The van der Waals surface area contributed by atoms with Crippen molar-refractivity contribution < 1.29 is 32.3 Å². The Hall–Kier alpha value is -1.87. The zero-order chi connectivity index (χ0) is 15.5. The van der Waals surface area contributed by atoms with Gasteiger partial charge < -0.3 is 14.3 Å². The number of carbonyl (C=O) groups excluding carboxylic acids is 1. The summed E-state index contributed by atoms with van der Waals surface area (Å²) in [7, 11) is -3.04. The third-order valence-electron chi connectivity index (χ3n) is 2.48. The van der Waals surface area contributed by atoms with Crippen LogP contribution >= 0.6 is 0 Å². The molecule has 1 atom stereocenters. The van der Waals surface area contributed by atoms with Crippen molar-refractivity contribution in [2.75, 3.05) is 7.11 Å². The highest BCUT2D eigenvalue weighted by molar-refractivity contribution is 7.89. The van der Waals surface area contributed by atoms with Gasteiger partial charge in [-0.05, 0) is 5.92 Å². The molecule has 9 heteroatoms. The molecule has 0 unspecified atom stereocenters. The van der Waals surface area contributed by atoms with Crippen LogP contribution in [0, 0.1) is 5.92 Å². The van der Waals surface area contributed by atoms with Crippen LogP contribution in [0.3, 0.4) is 0 Å². The van der Waals surface area contributed by atoms with Crippen molar-refractivity contribution in [2.24, 2.45) is 5.92 Å². The second-order valence-corrected chi connectivity index (χ2v) is 5.97. The van der Waals surface area contributed by atoms with Crippen LogP contribution in [0.5, 0.6) is 0 Å². The molecule has 1 aromatic rings. The van der Waals surface area contributed by atoms with Gasteiger partial charge in [0.2, 0.25) is 5.09 Å². The molecule has 0 amide bonds. The zero-order valence-corrected chi connectivity index (χ0v) is 11.9. The number of hydrogen-bond donors (Lipinski definition) is 2. The SMILES string of the molecule is COC(=O)c1coc(S(=O)(=O)N[C@@H](C(=O)O)C(C)C)c1. The molecule has 0 fully saturated rings. The Morgan fingerprint density at radius 1 is 1.40 bits per heavy atom. The lowest BCUT2D eigenvalue weighted by molar-refractivity contribution is -0.140. The average Bonchev–Trinajstić information content (AvgIpc) is 2.84. The Labute approximate surface area is 115 Å². The summed E-state index contributed by atoms with van der Waals surface area (Å²) >= 11 is 0. The number of aliphatic carboxylic acids is 1. The van der Waals surface area contributed by atoms with E-state index in [1.54, 1.807) is 13.8 Å². The quantitative estimate of drug-likeness (QED) is 0.731. The van der Waals surface area contributed by atoms with Gasteiger partial charge in [0, 0.05) is 6.07 Å². The van der Waals surface area contributed by atoms with Crippen LogP contribution < -0.4 is 4.72 Å². The summed E-state index contributed by atoms with van der Waals surface area (Å²) in [5, 5.41) is 8.40. The van der Waals surface area contributed by atoms with Gasteiger partial charge in [-0.1, -0.05) is 13.8 Å². The highest BCUT2D eigenvalue weighted by Crippen LogP contribution is 2.16. The van der Waals surface area contributed by atoms with E-state index in [-0.39, 0.29) is 5.56 Å². The number of carboxylic acid groups (broad SMARTS) is 1. The molecule has 0 bridgehead atoms. The normalized spacial score (nSPS) is 13.2. The zero-order valence-electron chi connectivity index (χ0n) is 11.1. The van der Waals surface area contributed by atoms with Crippen molar-refractivity contribution in [1.29, 1.82) is 0 Å². The number of methoxy groups -OCH3 is 1. The van der Waals surface area contributed by atoms with Crippen molar-refractivity contribution in [1.82, 2.24) is 4.72 Å². The third kappa shape index (κ3) is 3.58. The minimum atomic E-state index is -4.18. The summed E-state index contributed by atoms with van der Waals surface area (Å²) in [5.41, 5.74) is -0.0794. The van der Waals surface area contributed by atoms with Crippen LogP contribution in [0.15, 0.2) is 21.8 Å². The second-order valence-electron chi connectivity index (χ2n) is 4.33. The van der Waals surface area contributed by atoms with E-state index < -0.39 is 39.0 Å². The van der Waals surface area contributed by atoms with E-state index in [0.717, 1.165) is 19.4 Å². The number of furan rings is 1. The molecule has 0 aliphatic carbocycles. The summed E-state index contributed by atoms with van der Waals surface area (Å²) in [4.78, 5) is 22.2. The van der Waals surface area contributed by atoms with Crippen molar-refractivity contribution >= 4 is 22.0 Å². The Kier molecular flexibility index (Phi) is 4.90. The number of nitrogens with one attached hydrogen (secondary N) is 1. The summed E-state index contributed by atoms with van der Waals surface area (Å²) in [6, 6.07) is -0.334. The maximum Gasteiger partial charge on any atom is 0.341 e. The molecule has 112 valence electrons. The van der Waals surface area contributed by atoms with Crippen molar-refractivity contribution in [3.63, 3.8) is 0 Å². The number of esters is 1. The second kappa shape index (κ2) is 6.06. The topological polar surface area (TPSA) is 123 Å².